The zero-order valence-corrected chi connectivity index (χ0v) is 14.4. The molecule has 0 atom stereocenters. The molecular weight excluding hydrogens is 314 g/mol. The van der Waals surface area contributed by atoms with E-state index >= 15 is 0 Å². The Hall–Kier alpha value is -1.13. The van der Waals surface area contributed by atoms with Crippen molar-refractivity contribution in [2.75, 3.05) is 0 Å². The fraction of sp³-hybridized carbons (Fsp3) is 0.438. The Bertz CT molecular complexity index is 609. The van der Waals surface area contributed by atoms with Gasteiger partial charge in [-0.05, 0) is 74.3 Å². The summed E-state index contributed by atoms with van der Waals surface area (Å²) in [5, 5.41) is 8.02. The van der Waals surface area contributed by atoms with E-state index in [9.17, 15) is 0 Å². The van der Waals surface area contributed by atoms with Crippen molar-refractivity contribution in [3.05, 3.63) is 45.7 Å². The SMILES string of the molecule is Cc1cc(C)n(-c2ccc(CNC(C)(C)C)cc2Br)n1. The van der Waals surface area contributed by atoms with Crippen LogP contribution in [0.5, 0.6) is 0 Å². The van der Waals surface area contributed by atoms with Crippen molar-refractivity contribution >= 4 is 15.9 Å². The number of benzene rings is 1. The minimum Gasteiger partial charge on any atom is -0.308 e. The lowest BCUT2D eigenvalue weighted by atomic mass is 10.1. The zero-order chi connectivity index (χ0) is 14.9. The Morgan fingerprint density at radius 3 is 2.40 bits per heavy atom. The summed E-state index contributed by atoms with van der Waals surface area (Å²) in [7, 11) is 0. The van der Waals surface area contributed by atoms with Gasteiger partial charge in [-0.2, -0.15) is 5.10 Å². The van der Waals surface area contributed by atoms with E-state index in [2.05, 4.69) is 78.3 Å². The van der Waals surface area contributed by atoms with Gasteiger partial charge in [-0.15, -0.1) is 0 Å². The maximum Gasteiger partial charge on any atom is 0.0790 e. The van der Waals surface area contributed by atoms with Gasteiger partial charge in [0.2, 0.25) is 0 Å². The predicted octanol–water partition coefficient (Wildman–Crippen LogP) is 4.14. The summed E-state index contributed by atoms with van der Waals surface area (Å²) >= 11 is 3.66. The summed E-state index contributed by atoms with van der Waals surface area (Å²) in [5.74, 6) is 0. The van der Waals surface area contributed by atoms with Crippen molar-refractivity contribution in [2.24, 2.45) is 0 Å². The van der Waals surface area contributed by atoms with Crippen molar-refractivity contribution in [1.29, 1.82) is 0 Å². The first-order valence-corrected chi connectivity index (χ1v) is 7.63. The normalized spacial score (nSPS) is 11.9. The number of hydrogen-bond donors (Lipinski definition) is 1. The molecule has 1 heterocycles. The van der Waals surface area contributed by atoms with Crippen LogP contribution in [0.15, 0.2) is 28.7 Å². The van der Waals surface area contributed by atoms with E-state index in [1.54, 1.807) is 0 Å². The molecule has 0 aliphatic rings. The third-order valence-corrected chi connectivity index (χ3v) is 3.71. The molecular formula is C16H22BrN3. The maximum atomic E-state index is 4.53. The summed E-state index contributed by atoms with van der Waals surface area (Å²) < 4.78 is 3.04. The van der Waals surface area contributed by atoms with E-state index in [0.717, 1.165) is 28.1 Å². The van der Waals surface area contributed by atoms with Crippen LogP contribution in [0.4, 0.5) is 0 Å². The van der Waals surface area contributed by atoms with E-state index in [1.807, 2.05) is 11.6 Å². The smallest absolute Gasteiger partial charge is 0.0790 e. The Balaban J connectivity index is 2.24. The molecule has 2 rings (SSSR count). The van der Waals surface area contributed by atoms with Gasteiger partial charge in [0.15, 0.2) is 0 Å². The van der Waals surface area contributed by atoms with Gasteiger partial charge in [0.05, 0.1) is 11.4 Å². The number of hydrogen-bond acceptors (Lipinski definition) is 2. The fourth-order valence-corrected chi connectivity index (χ4v) is 2.67. The molecule has 0 radical (unpaired) electrons. The molecule has 0 bridgehead atoms. The molecule has 3 nitrogen and oxygen atoms in total. The Kier molecular flexibility index (Phi) is 4.35. The van der Waals surface area contributed by atoms with Gasteiger partial charge >= 0.3 is 0 Å². The minimum atomic E-state index is 0.126. The van der Waals surface area contributed by atoms with Gasteiger partial charge < -0.3 is 5.32 Å². The summed E-state index contributed by atoms with van der Waals surface area (Å²) in [6.07, 6.45) is 0. The first-order chi connectivity index (χ1) is 9.26. The van der Waals surface area contributed by atoms with Crippen LogP contribution in [-0.2, 0) is 6.54 Å². The first-order valence-electron chi connectivity index (χ1n) is 6.83. The van der Waals surface area contributed by atoms with Crippen molar-refractivity contribution in [1.82, 2.24) is 15.1 Å². The lowest BCUT2D eigenvalue weighted by Gasteiger charge is -2.20. The van der Waals surface area contributed by atoms with Gasteiger partial charge in [0.1, 0.15) is 0 Å². The van der Waals surface area contributed by atoms with Crippen molar-refractivity contribution in [2.45, 2.75) is 46.7 Å². The molecule has 1 aromatic heterocycles. The number of nitrogens with zero attached hydrogens (tertiary/aromatic N) is 2. The first kappa shape index (κ1) is 15.3. The molecule has 108 valence electrons. The van der Waals surface area contributed by atoms with Crippen molar-refractivity contribution in [3.63, 3.8) is 0 Å². The molecule has 0 aliphatic heterocycles. The molecule has 0 saturated carbocycles. The topological polar surface area (TPSA) is 29.9 Å². The molecule has 1 N–H and O–H groups in total. The highest BCUT2D eigenvalue weighted by Gasteiger charge is 2.11. The van der Waals surface area contributed by atoms with Gasteiger partial charge in [-0.1, -0.05) is 6.07 Å². The monoisotopic (exact) mass is 335 g/mol. The molecule has 20 heavy (non-hydrogen) atoms. The Morgan fingerprint density at radius 2 is 1.90 bits per heavy atom. The Morgan fingerprint density at radius 1 is 1.20 bits per heavy atom. The summed E-state index contributed by atoms with van der Waals surface area (Å²) in [4.78, 5) is 0. The zero-order valence-electron chi connectivity index (χ0n) is 12.8. The second kappa shape index (κ2) is 5.70. The van der Waals surface area contributed by atoms with Crippen LogP contribution in [0.3, 0.4) is 0 Å². The standard InChI is InChI=1S/C16H22BrN3/c1-11-8-12(2)20(19-11)15-7-6-13(9-14(15)17)10-18-16(3,4)5/h6-9,18H,10H2,1-5H3. The second-order valence-electron chi connectivity index (χ2n) is 6.23. The number of halogens is 1. The van der Waals surface area contributed by atoms with E-state index in [1.165, 1.54) is 5.56 Å². The van der Waals surface area contributed by atoms with Gasteiger partial charge in [-0.25, -0.2) is 4.68 Å². The van der Waals surface area contributed by atoms with Crippen LogP contribution in [-0.4, -0.2) is 15.3 Å². The highest BCUT2D eigenvalue weighted by Crippen LogP contribution is 2.24. The Labute approximate surface area is 129 Å². The van der Waals surface area contributed by atoms with Gasteiger partial charge in [0, 0.05) is 22.3 Å². The molecule has 1 aromatic carbocycles. The summed E-state index contributed by atoms with van der Waals surface area (Å²) in [6.45, 7) is 11.5. The lowest BCUT2D eigenvalue weighted by molar-refractivity contribution is 0.424. The highest BCUT2D eigenvalue weighted by molar-refractivity contribution is 9.10. The third-order valence-electron chi connectivity index (χ3n) is 3.07. The lowest BCUT2D eigenvalue weighted by Crippen LogP contribution is -2.35. The average molecular weight is 336 g/mol. The molecule has 0 saturated heterocycles. The number of rotatable bonds is 3. The van der Waals surface area contributed by atoms with Crippen LogP contribution in [0, 0.1) is 13.8 Å². The van der Waals surface area contributed by atoms with E-state index < -0.39 is 0 Å². The van der Waals surface area contributed by atoms with Crippen LogP contribution < -0.4 is 5.32 Å². The van der Waals surface area contributed by atoms with E-state index in [-0.39, 0.29) is 5.54 Å². The van der Waals surface area contributed by atoms with Crippen molar-refractivity contribution in [3.8, 4) is 5.69 Å². The van der Waals surface area contributed by atoms with Crippen LogP contribution >= 0.6 is 15.9 Å². The fourth-order valence-electron chi connectivity index (χ4n) is 2.07. The maximum absolute atomic E-state index is 4.53. The van der Waals surface area contributed by atoms with Crippen LogP contribution in [0.2, 0.25) is 0 Å². The van der Waals surface area contributed by atoms with Gasteiger partial charge in [-0.3, -0.25) is 0 Å². The second-order valence-corrected chi connectivity index (χ2v) is 7.08. The number of aryl methyl sites for hydroxylation is 2. The molecule has 0 amide bonds. The van der Waals surface area contributed by atoms with Crippen LogP contribution in [0.1, 0.15) is 37.7 Å². The molecule has 0 spiro atoms. The van der Waals surface area contributed by atoms with Gasteiger partial charge in [0.25, 0.3) is 0 Å². The summed E-state index contributed by atoms with van der Waals surface area (Å²) in [6, 6.07) is 8.50. The highest BCUT2D eigenvalue weighted by atomic mass is 79.9. The quantitative estimate of drug-likeness (QED) is 0.913. The molecule has 0 unspecified atom stereocenters. The average Bonchev–Trinajstić information content (AvgIpc) is 2.65. The molecule has 0 fully saturated rings. The number of nitrogens with one attached hydrogen (secondary N) is 1. The predicted molar refractivity (Wildman–Crippen MR) is 87.3 cm³/mol. The largest absolute Gasteiger partial charge is 0.308 e. The van der Waals surface area contributed by atoms with Crippen LogP contribution in [0.25, 0.3) is 5.69 Å². The molecule has 0 aliphatic carbocycles. The number of aromatic nitrogens is 2. The summed E-state index contributed by atoms with van der Waals surface area (Å²) in [5.41, 5.74) is 4.64. The minimum absolute atomic E-state index is 0.126. The third kappa shape index (κ3) is 3.70. The molecule has 2 aromatic rings. The molecule has 4 heteroatoms. The van der Waals surface area contributed by atoms with Crippen molar-refractivity contribution < 1.29 is 0 Å². The van der Waals surface area contributed by atoms with E-state index in [4.69, 9.17) is 0 Å². The van der Waals surface area contributed by atoms with E-state index in [0.29, 0.717) is 0 Å².